The number of hydrogen-bond donors (Lipinski definition) is 2. The van der Waals surface area contributed by atoms with Crippen LogP contribution in [0.1, 0.15) is 43.6 Å². The third-order valence-electron chi connectivity index (χ3n) is 7.68. The van der Waals surface area contributed by atoms with Crippen molar-refractivity contribution in [3.63, 3.8) is 0 Å². The smallest absolute Gasteiger partial charge is 0.264 e. The Morgan fingerprint density at radius 3 is 2.58 bits per heavy atom. The average Bonchev–Trinajstić information content (AvgIpc) is 3.54. The number of carbonyl (C=O) groups is 1. The number of benzene rings is 2. The summed E-state index contributed by atoms with van der Waals surface area (Å²) in [5, 5.41) is 17.4. The van der Waals surface area contributed by atoms with E-state index < -0.39 is 10.3 Å². The zero-order valence-electron chi connectivity index (χ0n) is 19.9. The molecule has 0 spiro atoms. The van der Waals surface area contributed by atoms with Crippen LogP contribution in [0.25, 0.3) is 11.4 Å². The van der Waals surface area contributed by atoms with Crippen molar-refractivity contribution in [2.45, 2.75) is 50.0 Å². The number of carbonyl (C=O) groups excluding carboxylic acids is 1. The highest BCUT2D eigenvalue weighted by molar-refractivity contribution is 6.25. The van der Waals surface area contributed by atoms with Gasteiger partial charge in [-0.1, -0.05) is 30.1 Å². The molecule has 9 heteroatoms. The Balaban J connectivity index is 1.25. The molecular weight excluding hydrogens is 485 g/mol. The van der Waals surface area contributed by atoms with Gasteiger partial charge in [-0.25, -0.2) is 4.39 Å². The minimum absolute atomic E-state index is 0.00309. The van der Waals surface area contributed by atoms with Crippen molar-refractivity contribution in [2.24, 2.45) is 11.3 Å². The van der Waals surface area contributed by atoms with Crippen molar-refractivity contribution >= 4 is 17.5 Å². The minimum atomic E-state index is -0.699. The van der Waals surface area contributed by atoms with Gasteiger partial charge in [-0.05, 0) is 67.6 Å². The molecule has 3 unspecified atom stereocenters. The Hall–Kier alpha value is -2.97. The molecule has 2 N–H and O–H groups in total. The molecule has 1 amide bonds. The average molecular weight is 514 g/mol. The Kier molecular flexibility index (Phi) is 6.99. The molecule has 1 aromatic heterocycles. The van der Waals surface area contributed by atoms with Crippen LogP contribution < -0.4 is 10.1 Å². The zero-order chi connectivity index (χ0) is 25.2. The topological polar surface area (TPSA) is 97.5 Å². The number of aliphatic hydroxyl groups is 1. The normalized spacial score (nSPS) is 26.1. The van der Waals surface area contributed by atoms with Gasteiger partial charge in [0.1, 0.15) is 11.6 Å². The van der Waals surface area contributed by atoms with Gasteiger partial charge in [0, 0.05) is 23.4 Å². The van der Waals surface area contributed by atoms with E-state index in [9.17, 15) is 14.3 Å². The Morgan fingerprint density at radius 2 is 1.89 bits per heavy atom. The summed E-state index contributed by atoms with van der Waals surface area (Å²) in [5.41, 5.74) is 1.04. The van der Waals surface area contributed by atoms with E-state index in [1.807, 2.05) is 24.3 Å². The Morgan fingerprint density at radius 1 is 1.14 bits per heavy atom. The number of hydrogen-bond acceptors (Lipinski definition) is 6. The highest BCUT2D eigenvalue weighted by Gasteiger charge is 2.58. The molecule has 2 aliphatic rings. The number of alkyl halides is 1. The summed E-state index contributed by atoms with van der Waals surface area (Å²) in [6.07, 6.45) is 4.71. The molecule has 0 bridgehead atoms. The predicted molar refractivity (Wildman–Crippen MR) is 132 cm³/mol. The van der Waals surface area contributed by atoms with E-state index in [4.69, 9.17) is 20.9 Å². The van der Waals surface area contributed by atoms with Crippen molar-refractivity contribution in [1.29, 1.82) is 0 Å². The number of ether oxygens (including phenoxy) is 1. The summed E-state index contributed by atoms with van der Waals surface area (Å²) in [6, 6.07) is 13.5. The van der Waals surface area contributed by atoms with Gasteiger partial charge in [0.2, 0.25) is 11.7 Å². The second-order valence-corrected chi connectivity index (χ2v) is 10.5. The van der Waals surface area contributed by atoms with Gasteiger partial charge in [-0.3, -0.25) is 4.79 Å². The summed E-state index contributed by atoms with van der Waals surface area (Å²) in [6.45, 7) is 0.632. The fraction of sp³-hybridized carbons (Fsp3) is 0.444. The Bertz CT molecular complexity index is 1200. The summed E-state index contributed by atoms with van der Waals surface area (Å²) >= 11 is 7.30. The molecule has 1 aliphatic heterocycles. The number of nitrogens with one attached hydrogen (secondary N) is 1. The van der Waals surface area contributed by atoms with Crippen LogP contribution in [0.5, 0.6) is 5.75 Å². The van der Waals surface area contributed by atoms with E-state index in [1.165, 1.54) is 12.1 Å². The molecule has 7 nitrogen and oxygen atoms in total. The monoisotopic (exact) mass is 513 g/mol. The first-order chi connectivity index (χ1) is 17.4. The quantitative estimate of drug-likeness (QED) is 0.425. The summed E-state index contributed by atoms with van der Waals surface area (Å²) in [5.74, 6) is 0.718. The molecule has 0 radical (unpaired) electrons. The maximum atomic E-state index is 13.1. The summed E-state index contributed by atoms with van der Waals surface area (Å²) < 4.78 is 24.2. The fourth-order valence-corrected chi connectivity index (χ4v) is 6.30. The van der Waals surface area contributed by atoms with Crippen molar-refractivity contribution in [2.75, 3.05) is 13.2 Å². The molecule has 36 heavy (non-hydrogen) atoms. The van der Waals surface area contributed by atoms with Crippen LogP contribution in [0, 0.1) is 17.2 Å². The van der Waals surface area contributed by atoms with Crippen LogP contribution in [-0.2, 0) is 17.8 Å². The molecule has 5 rings (SSSR count). The third-order valence-corrected chi connectivity index (χ3v) is 8.38. The van der Waals surface area contributed by atoms with E-state index in [-0.39, 0.29) is 30.9 Å². The molecule has 2 heterocycles. The van der Waals surface area contributed by atoms with Crippen LogP contribution in [0.3, 0.4) is 0 Å². The first kappa shape index (κ1) is 24.7. The van der Waals surface area contributed by atoms with Crippen molar-refractivity contribution in [3.8, 4) is 17.1 Å². The van der Waals surface area contributed by atoms with Gasteiger partial charge < -0.3 is 19.7 Å². The van der Waals surface area contributed by atoms with Crippen molar-refractivity contribution in [1.82, 2.24) is 15.5 Å². The second kappa shape index (κ2) is 10.2. The highest BCUT2D eigenvalue weighted by Crippen LogP contribution is 2.56. The van der Waals surface area contributed by atoms with Gasteiger partial charge in [-0.15, -0.1) is 11.6 Å². The van der Waals surface area contributed by atoms with E-state index in [0.717, 1.165) is 31.2 Å². The molecule has 190 valence electrons. The summed E-state index contributed by atoms with van der Waals surface area (Å²) in [7, 11) is 0. The van der Waals surface area contributed by atoms with Crippen LogP contribution in [0.2, 0.25) is 0 Å². The number of aromatic nitrogens is 2. The second-order valence-electron chi connectivity index (χ2n) is 9.75. The predicted octanol–water partition coefficient (Wildman–Crippen LogP) is 4.66. The minimum Gasteiger partial charge on any atom is -0.484 e. The molecule has 3 aromatic rings. The van der Waals surface area contributed by atoms with E-state index in [2.05, 4.69) is 15.5 Å². The number of aliphatic hydroxyl groups excluding tert-OH is 1. The maximum Gasteiger partial charge on any atom is 0.264 e. The first-order valence-electron chi connectivity index (χ1n) is 12.3. The highest BCUT2D eigenvalue weighted by atomic mass is 35.5. The molecular formula is C27H29ClFN3O4. The number of halogens is 2. The van der Waals surface area contributed by atoms with Gasteiger partial charge >= 0.3 is 0 Å². The lowest BCUT2D eigenvalue weighted by Gasteiger charge is -2.52. The number of amides is 1. The largest absolute Gasteiger partial charge is 0.484 e. The molecule has 1 aliphatic carbocycles. The zero-order valence-corrected chi connectivity index (χ0v) is 20.6. The van der Waals surface area contributed by atoms with Gasteiger partial charge in [0.05, 0.1) is 11.5 Å². The Labute approximate surface area is 214 Å². The lowest BCUT2D eigenvalue weighted by atomic mass is 9.57. The van der Waals surface area contributed by atoms with Gasteiger partial charge in [0.25, 0.3) is 5.89 Å². The molecule has 1 saturated heterocycles. The van der Waals surface area contributed by atoms with E-state index in [1.54, 1.807) is 12.1 Å². The first-order valence-corrected chi connectivity index (χ1v) is 12.7. The maximum absolute atomic E-state index is 13.1. The van der Waals surface area contributed by atoms with Crippen LogP contribution in [-0.4, -0.2) is 39.2 Å². The lowest BCUT2D eigenvalue weighted by Crippen LogP contribution is -2.56. The van der Waals surface area contributed by atoms with Gasteiger partial charge in [-0.2, -0.15) is 4.98 Å². The third kappa shape index (κ3) is 4.72. The lowest BCUT2D eigenvalue weighted by molar-refractivity contribution is -0.130. The van der Waals surface area contributed by atoms with Crippen LogP contribution in [0.15, 0.2) is 53.1 Å². The van der Waals surface area contributed by atoms with Crippen molar-refractivity contribution in [3.05, 3.63) is 65.8 Å². The summed E-state index contributed by atoms with van der Waals surface area (Å²) in [4.78, 5) is 16.2. The standard InChI is InChI=1S/C27H29ClFN3O4/c28-27(13-2-1-12-26(27,17-33)22-11-14-30-25(22)34)15-18-3-9-21(10-4-18)35-16-23-31-24(32-36-23)19-5-7-20(29)8-6-19/h3-10,22,33H,1-2,11-17H2,(H,30,34). The van der Waals surface area contributed by atoms with Crippen LogP contribution in [0.4, 0.5) is 4.39 Å². The molecule has 2 aromatic carbocycles. The van der Waals surface area contributed by atoms with Crippen molar-refractivity contribution < 1.29 is 23.6 Å². The molecule has 2 fully saturated rings. The van der Waals surface area contributed by atoms with E-state index >= 15 is 0 Å². The number of rotatable bonds is 8. The van der Waals surface area contributed by atoms with Gasteiger partial charge in [0.15, 0.2) is 6.61 Å². The number of nitrogens with zero attached hydrogens (tertiary/aromatic N) is 2. The fourth-order valence-electron chi connectivity index (χ4n) is 5.72. The molecule has 1 saturated carbocycles. The SMILES string of the molecule is O=C1NCCC1C1(CO)CCCCC1(Cl)Cc1ccc(OCc2nc(-c3ccc(F)cc3)no2)cc1. The van der Waals surface area contributed by atoms with E-state index in [0.29, 0.717) is 42.4 Å². The van der Waals surface area contributed by atoms with Crippen LogP contribution >= 0.6 is 11.6 Å². The molecule has 3 atom stereocenters.